The Hall–Kier alpha value is -2.78. The number of hydrogen-bond acceptors (Lipinski definition) is 2. The van der Waals surface area contributed by atoms with Crippen LogP contribution in [0.2, 0.25) is 0 Å². The van der Waals surface area contributed by atoms with E-state index < -0.39 is 0 Å². The third-order valence-electron chi connectivity index (χ3n) is 7.02. The highest BCUT2D eigenvalue weighted by Crippen LogP contribution is 2.35. The molecule has 1 aliphatic heterocycles. The molecule has 1 aliphatic rings. The summed E-state index contributed by atoms with van der Waals surface area (Å²) in [4.78, 5) is 7.42. The first-order valence-corrected chi connectivity index (χ1v) is 11.4. The summed E-state index contributed by atoms with van der Waals surface area (Å²) in [5.74, 6) is 1.80. The Morgan fingerprint density at radius 1 is 0.906 bits per heavy atom. The topological polar surface area (TPSA) is 21.1 Å². The molecule has 2 aromatic heterocycles. The Morgan fingerprint density at radius 2 is 1.66 bits per heavy atom. The lowest BCUT2D eigenvalue weighted by atomic mass is 9.89. The maximum absolute atomic E-state index is 4.91. The van der Waals surface area contributed by atoms with Gasteiger partial charge in [-0.25, -0.2) is 4.98 Å². The van der Waals surface area contributed by atoms with Crippen molar-refractivity contribution in [2.45, 2.75) is 46.1 Å². The van der Waals surface area contributed by atoms with Gasteiger partial charge in [0.2, 0.25) is 0 Å². The van der Waals surface area contributed by atoms with Gasteiger partial charge < -0.3 is 9.47 Å². The quantitative estimate of drug-likeness (QED) is 0.343. The highest BCUT2D eigenvalue weighted by atomic mass is 35.5. The van der Waals surface area contributed by atoms with Crippen molar-refractivity contribution in [2.24, 2.45) is 0 Å². The number of hydrogen-bond donors (Lipinski definition) is 0. The molecule has 3 nitrogen and oxygen atoms in total. The number of aromatic nitrogens is 2. The van der Waals surface area contributed by atoms with Crippen LogP contribution in [0.4, 0.5) is 5.82 Å². The molecule has 0 radical (unpaired) electrons. The molecule has 4 heteroatoms. The van der Waals surface area contributed by atoms with Crippen LogP contribution in [0, 0.1) is 20.8 Å². The van der Waals surface area contributed by atoms with Gasteiger partial charge in [-0.2, -0.15) is 0 Å². The average molecular weight is 446 g/mol. The summed E-state index contributed by atoms with van der Waals surface area (Å²) >= 11 is 0. The van der Waals surface area contributed by atoms with Gasteiger partial charge in [0.15, 0.2) is 5.82 Å². The van der Waals surface area contributed by atoms with Crippen LogP contribution in [0.1, 0.15) is 46.7 Å². The number of pyridine rings is 1. The van der Waals surface area contributed by atoms with Crippen molar-refractivity contribution < 1.29 is 0 Å². The highest BCUT2D eigenvalue weighted by molar-refractivity contribution is 5.93. The first-order valence-electron chi connectivity index (χ1n) is 11.4. The number of rotatable bonds is 4. The summed E-state index contributed by atoms with van der Waals surface area (Å²) in [7, 11) is 0. The molecular formula is C28H32ClN3. The Kier molecular flexibility index (Phi) is 6.57. The molecule has 1 saturated heterocycles. The summed E-state index contributed by atoms with van der Waals surface area (Å²) in [6.07, 6.45) is 4.35. The molecule has 0 spiro atoms. The predicted molar refractivity (Wildman–Crippen MR) is 137 cm³/mol. The van der Waals surface area contributed by atoms with Crippen molar-refractivity contribution in [3.8, 4) is 0 Å². The first-order chi connectivity index (χ1) is 15.1. The fraction of sp³-hybridized carbons (Fsp3) is 0.321. The molecular weight excluding hydrogens is 414 g/mol. The van der Waals surface area contributed by atoms with Crippen LogP contribution in [-0.2, 0) is 6.54 Å². The van der Waals surface area contributed by atoms with Gasteiger partial charge in [-0.15, -0.1) is 12.4 Å². The minimum absolute atomic E-state index is 0. The van der Waals surface area contributed by atoms with Crippen molar-refractivity contribution in [3.05, 3.63) is 94.8 Å². The van der Waals surface area contributed by atoms with E-state index in [1.54, 1.807) is 0 Å². The minimum Gasteiger partial charge on any atom is -0.355 e. The summed E-state index contributed by atoms with van der Waals surface area (Å²) < 4.78 is 2.48. The van der Waals surface area contributed by atoms with Crippen LogP contribution >= 0.6 is 12.4 Å². The molecule has 0 atom stereocenters. The van der Waals surface area contributed by atoms with Crippen molar-refractivity contribution >= 4 is 29.1 Å². The Balaban J connectivity index is 0.00000245. The molecule has 1 fully saturated rings. The maximum Gasteiger partial charge on any atom is 0.153 e. The van der Waals surface area contributed by atoms with Gasteiger partial charge in [-0.05, 0) is 62.3 Å². The second kappa shape index (κ2) is 9.38. The Labute approximate surface area is 197 Å². The number of nitrogens with zero attached hydrogens (tertiary/aromatic N) is 3. The molecule has 166 valence electrons. The second-order valence-corrected chi connectivity index (χ2v) is 8.99. The second-order valence-electron chi connectivity index (χ2n) is 8.99. The molecule has 0 bridgehead atoms. The zero-order chi connectivity index (χ0) is 21.4. The Morgan fingerprint density at radius 3 is 2.38 bits per heavy atom. The number of fused-ring (bicyclic) bond motifs is 1. The van der Waals surface area contributed by atoms with Crippen molar-refractivity contribution in [2.75, 3.05) is 18.0 Å². The van der Waals surface area contributed by atoms with Crippen LogP contribution in [-0.4, -0.2) is 22.6 Å². The monoisotopic (exact) mass is 445 g/mol. The van der Waals surface area contributed by atoms with E-state index in [1.807, 2.05) is 6.20 Å². The van der Waals surface area contributed by atoms with Crippen molar-refractivity contribution in [1.29, 1.82) is 0 Å². The SMILES string of the molecule is Cc1cccc(Cn2c(C)c(C)c3ccnc(N4CCC(c5ccccc5)CC4)c32)c1.Cl. The van der Waals surface area contributed by atoms with Crippen LogP contribution < -0.4 is 4.90 Å². The standard InChI is InChI=1S/C28H31N3.ClH/c1-20-8-7-9-23(18-20)19-31-22(3)21(2)26-12-15-29-28(27(26)31)30-16-13-25(14-17-30)24-10-5-4-6-11-24;/h4-12,15,18,25H,13-14,16-17,19H2,1-3H3;1H. The zero-order valence-corrected chi connectivity index (χ0v) is 20.0. The van der Waals surface area contributed by atoms with E-state index in [9.17, 15) is 0 Å². The maximum atomic E-state index is 4.91. The minimum atomic E-state index is 0. The molecule has 5 rings (SSSR count). The average Bonchev–Trinajstić information content (AvgIpc) is 3.05. The normalized spacial score (nSPS) is 14.5. The van der Waals surface area contributed by atoms with Gasteiger partial charge in [-0.1, -0.05) is 60.2 Å². The number of aryl methyl sites for hydroxylation is 2. The number of halogens is 1. The van der Waals surface area contributed by atoms with Gasteiger partial charge in [0.25, 0.3) is 0 Å². The molecule has 3 heterocycles. The largest absolute Gasteiger partial charge is 0.355 e. The zero-order valence-electron chi connectivity index (χ0n) is 19.2. The van der Waals surface area contributed by atoms with E-state index in [0.29, 0.717) is 5.92 Å². The van der Waals surface area contributed by atoms with Gasteiger partial charge in [0, 0.05) is 36.9 Å². The van der Waals surface area contributed by atoms with Crippen molar-refractivity contribution in [1.82, 2.24) is 9.55 Å². The first kappa shape index (κ1) is 22.4. The summed E-state index contributed by atoms with van der Waals surface area (Å²) in [5, 5.41) is 1.33. The number of benzene rings is 2. The van der Waals surface area contributed by atoms with Crippen molar-refractivity contribution in [3.63, 3.8) is 0 Å². The summed E-state index contributed by atoms with van der Waals surface area (Å²) in [6.45, 7) is 9.65. The molecule has 32 heavy (non-hydrogen) atoms. The number of piperidine rings is 1. The summed E-state index contributed by atoms with van der Waals surface area (Å²) in [6, 6.07) is 22.0. The van der Waals surface area contributed by atoms with Gasteiger partial charge in [-0.3, -0.25) is 0 Å². The van der Waals surface area contributed by atoms with E-state index in [4.69, 9.17) is 4.98 Å². The van der Waals surface area contributed by atoms with E-state index in [2.05, 4.69) is 90.9 Å². The fourth-order valence-electron chi connectivity index (χ4n) is 5.15. The molecule has 0 amide bonds. The van der Waals surface area contributed by atoms with Gasteiger partial charge in [0.1, 0.15) is 0 Å². The van der Waals surface area contributed by atoms with Crippen LogP contribution in [0.3, 0.4) is 0 Å². The van der Waals surface area contributed by atoms with E-state index >= 15 is 0 Å². The smallest absolute Gasteiger partial charge is 0.153 e. The lowest BCUT2D eigenvalue weighted by molar-refractivity contribution is 0.503. The third kappa shape index (κ3) is 4.14. The predicted octanol–water partition coefficient (Wildman–Crippen LogP) is 6.82. The van der Waals surface area contributed by atoms with Crippen LogP contribution in [0.5, 0.6) is 0 Å². The van der Waals surface area contributed by atoms with Crippen LogP contribution in [0.25, 0.3) is 10.9 Å². The molecule has 0 N–H and O–H groups in total. The van der Waals surface area contributed by atoms with E-state index in [1.165, 1.54) is 51.7 Å². The molecule has 0 unspecified atom stereocenters. The van der Waals surface area contributed by atoms with Gasteiger partial charge in [0.05, 0.1) is 5.52 Å². The number of anilines is 1. The van der Waals surface area contributed by atoms with Crippen LogP contribution in [0.15, 0.2) is 66.9 Å². The van der Waals surface area contributed by atoms with E-state index in [0.717, 1.165) is 25.5 Å². The lowest BCUT2D eigenvalue weighted by Crippen LogP contribution is -2.33. The lowest BCUT2D eigenvalue weighted by Gasteiger charge is -2.33. The molecule has 0 aliphatic carbocycles. The summed E-state index contributed by atoms with van der Waals surface area (Å²) in [5.41, 5.74) is 8.12. The molecule has 0 saturated carbocycles. The fourth-order valence-corrected chi connectivity index (χ4v) is 5.15. The highest BCUT2D eigenvalue weighted by Gasteiger charge is 2.25. The third-order valence-corrected chi connectivity index (χ3v) is 7.02. The van der Waals surface area contributed by atoms with E-state index in [-0.39, 0.29) is 12.4 Å². The van der Waals surface area contributed by atoms with Gasteiger partial charge >= 0.3 is 0 Å². The molecule has 4 aromatic rings. The Bertz CT molecular complexity index is 1200. The molecule has 2 aromatic carbocycles.